The zero-order valence-corrected chi connectivity index (χ0v) is 13.7. The Hall–Kier alpha value is -3.19. The van der Waals surface area contributed by atoms with Crippen molar-refractivity contribution < 1.29 is 26.3 Å². The zero-order valence-electron chi connectivity index (χ0n) is 12.9. The summed E-state index contributed by atoms with van der Waals surface area (Å²) >= 11 is 0. The minimum absolute atomic E-state index is 0.189. The number of anilines is 1. The molecule has 1 heterocycles. The van der Waals surface area contributed by atoms with E-state index < -0.39 is 45.5 Å². The first kappa shape index (κ1) is 17.6. The lowest BCUT2D eigenvalue weighted by atomic mass is 10.2. The average Bonchev–Trinajstić information content (AvgIpc) is 3.00. The molecule has 0 aliphatic heterocycles. The van der Waals surface area contributed by atoms with E-state index in [1.54, 1.807) is 6.07 Å². The third-order valence-electron chi connectivity index (χ3n) is 3.45. The van der Waals surface area contributed by atoms with E-state index in [1.165, 1.54) is 6.07 Å². The van der Waals surface area contributed by atoms with Crippen LogP contribution in [0.3, 0.4) is 0 Å². The SMILES string of the molecule is N#CCOc1cc(F)c(NS(=O)(=O)c2c[nH]c3cc(F)ccc23)cc1F. The van der Waals surface area contributed by atoms with Gasteiger partial charge in [0.05, 0.1) is 5.69 Å². The number of fused-ring (bicyclic) bond motifs is 1. The first-order valence-electron chi connectivity index (χ1n) is 7.10. The second-order valence-corrected chi connectivity index (χ2v) is 6.81. The van der Waals surface area contributed by atoms with E-state index in [2.05, 4.69) is 4.98 Å². The molecular weight excluding hydrogens is 371 g/mol. The van der Waals surface area contributed by atoms with E-state index in [9.17, 15) is 21.6 Å². The van der Waals surface area contributed by atoms with Crippen molar-refractivity contribution in [3.8, 4) is 11.8 Å². The summed E-state index contributed by atoms with van der Waals surface area (Å²) in [6, 6.07) is 6.28. The molecule has 0 atom stereocenters. The summed E-state index contributed by atoms with van der Waals surface area (Å²) in [6.07, 6.45) is 1.12. The maximum absolute atomic E-state index is 14.1. The van der Waals surface area contributed by atoms with Gasteiger partial charge >= 0.3 is 0 Å². The van der Waals surface area contributed by atoms with Gasteiger partial charge in [0.2, 0.25) is 0 Å². The predicted molar refractivity (Wildman–Crippen MR) is 86.5 cm³/mol. The van der Waals surface area contributed by atoms with Gasteiger partial charge in [0.15, 0.2) is 24.0 Å². The molecule has 26 heavy (non-hydrogen) atoms. The Labute approximate surface area is 145 Å². The summed E-state index contributed by atoms with van der Waals surface area (Å²) in [7, 11) is -4.28. The van der Waals surface area contributed by atoms with Crippen LogP contribution in [0.4, 0.5) is 18.9 Å². The van der Waals surface area contributed by atoms with Gasteiger partial charge in [-0.1, -0.05) is 0 Å². The number of benzene rings is 2. The molecule has 134 valence electrons. The molecule has 0 aliphatic rings. The third-order valence-corrected chi connectivity index (χ3v) is 4.86. The second-order valence-electron chi connectivity index (χ2n) is 5.16. The monoisotopic (exact) mass is 381 g/mol. The normalized spacial score (nSPS) is 11.3. The number of nitriles is 1. The van der Waals surface area contributed by atoms with Gasteiger partial charge in [0.25, 0.3) is 10.0 Å². The van der Waals surface area contributed by atoms with Crippen molar-refractivity contribution in [2.75, 3.05) is 11.3 Å². The molecule has 1 aromatic heterocycles. The van der Waals surface area contributed by atoms with Crippen LogP contribution in [0.2, 0.25) is 0 Å². The average molecular weight is 381 g/mol. The highest BCUT2D eigenvalue weighted by atomic mass is 32.2. The summed E-state index contributed by atoms with van der Waals surface area (Å²) < 4.78 is 72.8. The van der Waals surface area contributed by atoms with Crippen LogP contribution < -0.4 is 9.46 Å². The van der Waals surface area contributed by atoms with E-state index in [0.717, 1.165) is 18.3 Å². The number of hydrogen-bond donors (Lipinski definition) is 2. The van der Waals surface area contributed by atoms with Crippen LogP contribution in [0.15, 0.2) is 41.4 Å². The number of aromatic nitrogens is 1. The lowest BCUT2D eigenvalue weighted by Crippen LogP contribution is -2.14. The van der Waals surface area contributed by atoms with E-state index in [1.807, 2.05) is 4.72 Å². The molecule has 2 aromatic carbocycles. The van der Waals surface area contributed by atoms with E-state index >= 15 is 0 Å². The van der Waals surface area contributed by atoms with E-state index in [0.29, 0.717) is 12.1 Å². The van der Waals surface area contributed by atoms with Crippen LogP contribution in [0.25, 0.3) is 10.9 Å². The summed E-state index contributed by atoms with van der Waals surface area (Å²) in [5.74, 6) is -3.21. The lowest BCUT2D eigenvalue weighted by molar-refractivity contribution is 0.344. The summed E-state index contributed by atoms with van der Waals surface area (Å²) in [6.45, 7) is -0.493. The quantitative estimate of drug-likeness (QED) is 0.709. The summed E-state index contributed by atoms with van der Waals surface area (Å²) in [4.78, 5) is 2.35. The number of halogens is 3. The van der Waals surface area contributed by atoms with Crippen molar-refractivity contribution in [2.24, 2.45) is 0 Å². The molecule has 0 amide bonds. The summed E-state index contributed by atoms with van der Waals surface area (Å²) in [5, 5.41) is 8.58. The molecule has 0 bridgehead atoms. The molecule has 2 N–H and O–H groups in total. The number of rotatable bonds is 5. The molecule has 0 spiro atoms. The third kappa shape index (κ3) is 3.29. The standard InChI is InChI=1S/C16H10F3N3O3S/c17-9-1-2-10-13(5-9)21-8-16(10)26(23,24)22-14-6-12(19)15(7-11(14)18)25-4-3-20/h1-2,5-8,21-22H,4H2. The van der Waals surface area contributed by atoms with Gasteiger partial charge in [0.1, 0.15) is 16.8 Å². The molecule has 0 saturated carbocycles. The van der Waals surface area contributed by atoms with Crippen LogP contribution in [0.1, 0.15) is 0 Å². The number of aromatic amines is 1. The molecule has 3 rings (SSSR count). The van der Waals surface area contributed by atoms with Gasteiger partial charge in [-0.2, -0.15) is 5.26 Å². The van der Waals surface area contributed by atoms with Crippen molar-refractivity contribution in [3.63, 3.8) is 0 Å². The van der Waals surface area contributed by atoms with Crippen molar-refractivity contribution in [2.45, 2.75) is 4.90 Å². The number of hydrogen-bond acceptors (Lipinski definition) is 4. The van der Waals surface area contributed by atoms with Gasteiger partial charge in [-0.25, -0.2) is 21.6 Å². The summed E-state index contributed by atoms with van der Waals surface area (Å²) in [5.41, 5.74) is -0.402. The fraction of sp³-hybridized carbons (Fsp3) is 0.0625. The Morgan fingerprint density at radius 3 is 2.65 bits per heavy atom. The Kier molecular flexibility index (Phi) is 4.48. The van der Waals surface area contributed by atoms with E-state index in [4.69, 9.17) is 10.00 Å². The Morgan fingerprint density at radius 1 is 1.15 bits per heavy atom. The lowest BCUT2D eigenvalue weighted by Gasteiger charge is -2.10. The van der Waals surface area contributed by atoms with E-state index in [-0.39, 0.29) is 15.8 Å². The van der Waals surface area contributed by atoms with Crippen LogP contribution in [0.5, 0.6) is 5.75 Å². The first-order chi connectivity index (χ1) is 12.3. The van der Waals surface area contributed by atoms with Gasteiger partial charge < -0.3 is 9.72 Å². The number of nitrogens with one attached hydrogen (secondary N) is 2. The van der Waals surface area contributed by atoms with Gasteiger partial charge in [-0.05, 0) is 18.2 Å². The minimum Gasteiger partial charge on any atom is -0.476 e. The van der Waals surface area contributed by atoms with Crippen LogP contribution in [0, 0.1) is 28.8 Å². The molecule has 0 fully saturated rings. The molecule has 0 saturated heterocycles. The molecule has 0 aliphatic carbocycles. The molecular formula is C16H10F3N3O3S. The number of sulfonamides is 1. The van der Waals surface area contributed by atoms with Crippen molar-refractivity contribution >= 4 is 26.6 Å². The number of H-pyrrole nitrogens is 1. The molecule has 6 nitrogen and oxygen atoms in total. The minimum atomic E-state index is -4.28. The van der Waals surface area contributed by atoms with Crippen LogP contribution >= 0.6 is 0 Å². The second kappa shape index (κ2) is 6.61. The fourth-order valence-electron chi connectivity index (χ4n) is 2.32. The topological polar surface area (TPSA) is 95.0 Å². The van der Waals surface area contributed by atoms with Crippen molar-refractivity contribution in [1.82, 2.24) is 4.98 Å². The smallest absolute Gasteiger partial charge is 0.264 e. The zero-order chi connectivity index (χ0) is 18.9. The van der Waals surface area contributed by atoms with Crippen molar-refractivity contribution in [3.05, 3.63) is 54.0 Å². The molecule has 0 unspecified atom stereocenters. The van der Waals surface area contributed by atoms with Gasteiger partial charge in [-0.15, -0.1) is 0 Å². The molecule has 10 heteroatoms. The van der Waals surface area contributed by atoms with Gasteiger partial charge in [-0.3, -0.25) is 4.72 Å². The maximum Gasteiger partial charge on any atom is 0.264 e. The predicted octanol–water partition coefficient (Wildman–Crippen LogP) is 3.29. The first-order valence-corrected chi connectivity index (χ1v) is 8.58. The van der Waals surface area contributed by atoms with Crippen molar-refractivity contribution in [1.29, 1.82) is 5.26 Å². The fourth-order valence-corrected chi connectivity index (χ4v) is 3.56. The highest BCUT2D eigenvalue weighted by Gasteiger charge is 2.22. The Morgan fingerprint density at radius 2 is 1.92 bits per heavy atom. The van der Waals surface area contributed by atoms with Crippen LogP contribution in [-0.4, -0.2) is 20.0 Å². The number of ether oxygens (including phenoxy) is 1. The Bertz CT molecular complexity index is 1140. The molecule has 3 aromatic rings. The van der Waals surface area contributed by atoms with Crippen LogP contribution in [-0.2, 0) is 10.0 Å². The highest BCUT2D eigenvalue weighted by molar-refractivity contribution is 7.93. The number of nitrogens with zero attached hydrogens (tertiary/aromatic N) is 1. The highest BCUT2D eigenvalue weighted by Crippen LogP contribution is 2.29. The largest absolute Gasteiger partial charge is 0.476 e. The van der Waals surface area contributed by atoms with Gasteiger partial charge in [0, 0.05) is 29.2 Å². The Balaban J connectivity index is 1.97. The maximum atomic E-state index is 14.1. The molecule has 0 radical (unpaired) electrons.